The van der Waals surface area contributed by atoms with Gasteiger partial charge in [-0.25, -0.2) is 0 Å². The molecule has 1 unspecified atom stereocenters. The van der Waals surface area contributed by atoms with Crippen LogP contribution in [-0.4, -0.2) is 65.8 Å². The monoisotopic (exact) mass is 403 g/mol. The molecule has 0 spiro atoms. The van der Waals surface area contributed by atoms with Crippen molar-refractivity contribution >= 4 is 34.5 Å². The molecule has 0 radical (unpaired) electrons. The summed E-state index contributed by atoms with van der Waals surface area (Å²) < 4.78 is 0. The molecule has 4 heterocycles. The molecule has 7 heteroatoms. The number of hydrogen-bond donors (Lipinski definition) is 0. The van der Waals surface area contributed by atoms with E-state index in [0.29, 0.717) is 19.6 Å². The summed E-state index contributed by atoms with van der Waals surface area (Å²) in [6, 6.07) is 6.19. The van der Waals surface area contributed by atoms with Crippen molar-refractivity contribution in [1.82, 2.24) is 14.7 Å². The van der Waals surface area contributed by atoms with E-state index in [2.05, 4.69) is 28.2 Å². The summed E-state index contributed by atoms with van der Waals surface area (Å²) in [5, 5.41) is 4.08. The summed E-state index contributed by atoms with van der Waals surface area (Å²) >= 11 is 3.30. The van der Waals surface area contributed by atoms with Gasteiger partial charge >= 0.3 is 0 Å². The molecule has 0 aliphatic carbocycles. The van der Waals surface area contributed by atoms with E-state index in [4.69, 9.17) is 0 Å². The van der Waals surface area contributed by atoms with Crippen LogP contribution in [0.25, 0.3) is 0 Å². The van der Waals surface area contributed by atoms with Gasteiger partial charge in [-0.2, -0.15) is 0 Å². The lowest BCUT2D eigenvalue weighted by Crippen LogP contribution is -2.52. The third-order valence-corrected chi connectivity index (χ3v) is 7.41. The Balaban J connectivity index is 1.33. The molecule has 1 fully saturated rings. The van der Waals surface area contributed by atoms with Crippen molar-refractivity contribution < 1.29 is 9.59 Å². The molecule has 2 aliphatic rings. The Morgan fingerprint density at radius 1 is 1.07 bits per heavy atom. The van der Waals surface area contributed by atoms with Gasteiger partial charge in [0.15, 0.2) is 0 Å². The van der Waals surface area contributed by atoms with Crippen LogP contribution in [0.1, 0.15) is 39.5 Å². The average molecular weight is 404 g/mol. The first-order valence-corrected chi connectivity index (χ1v) is 11.3. The fourth-order valence-electron chi connectivity index (χ4n) is 4.08. The van der Waals surface area contributed by atoms with Crippen molar-refractivity contribution in [1.29, 1.82) is 0 Å². The van der Waals surface area contributed by atoms with Crippen molar-refractivity contribution in [3.8, 4) is 0 Å². The molecular weight excluding hydrogens is 378 g/mol. The molecule has 144 valence electrons. The van der Waals surface area contributed by atoms with Crippen molar-refractivity contribution in [3.05, 3.63) is 44.3 Å². The lowest BCUT2D eigenvalue weighted by Gasteiger charge is -2.39. The predicted molar refractivity (Wildman–Crippen MR) is 109 cm³/mol. The number of rotatable bonds is 4. The molecule has 2 aliphatic heterocycles. The molecule has 1 atom stereocenters. The Morgan fingerprint density at radius 2 is 1.89 bits per heavy atom. The molecule has 27 heavy (non-hydrogen) atoms. The minimum atomic E-state index is 0.114. The highest BCUT2D eigenvalue weighted by molar-refractivity contribution is 7.12. The van der Waals surface area contributed by atoms with Gasteiger partial charge in [0.1, 0.15) is 0 Å². The zero-order valence-electron chi connectivity index (χ0n) is 15.6. The highest BCUT2D eigenvalue weighted by Crippen LogP contribution is 2.35. The lowest BCUT2D eigenvalue weighted by molar-refractivity contribution is -0.135. The second-order valence-electron chi connectivity index (χ2n) is 7.11. The van der Waals surface area contributed by atoms with E-state index in [1.54, 1.807) is 0 Å². The van der Waals surface area contributed by atoms with Gasteiger partial charge < -0.3 is 9.80 Å². The van der Waals surface area contributed by atoms with Crippen LogP contribution in [0.5, 0.6) is 0 Å². The number of nitrogens with zero attached hydrogens (tertiary/aromatic N) is 3. The number of amides is 2. The van der Waals surface area contributed by atoms with E-state index in [9.17, 15) is 9.59 Å². The smallest absolute Gasteiger partial charge is 0.264 e. The Morgan fingerprint density at radius 3 is 2.59 bits per heavy atom. The third kappa shape index (κ3) is 3.81. The summed E-state index contributed by atoms with van der Waals surface area (Å²) in [5.74, 6) is 0.333. The summed E-state index contributed by atoms with van der Waals surface area (Å²) in [6.45, 7) is 6.34. The number of carbonyl (C=O) groups is 2. The predicted octanol–water partition coefficient (Wildman–Crippen LogP) is 3.10. The van der Waals surface area contributed by atoms with Gasteiger partial charge in [-0.05, 0) is 41.3 Å². The SMILES string of the molecule is CCC1c2ccsc2CCN1C(=O)CN1CCN(C(=O)c2cccs2)CC1. The van der Waals surface area contributed by atoms with Crippen LogP contribution >= 0.6 is 22.7 Å². The highest BCUT2D eigenvalue weighted by Gasteiger charge is 2.32. The summed E-state index contributed by atoms with van der Waals surface area (Å²) in [5.41, 5.74) is 1.34. The van der Waals surface area contributed by atoms with Crippen molar-refractivity contribution in [2.24, 2.45) is 0 Å². The summed E-state index contributed by atoms with van der Waals surface area (Å²) in [6.07, 6.45) is 1.93. The van der Waals surface area contributed by atoms with Crippen LogP contribution in [-0.2, 0) is 11.2 Å². The zero-order chi connectivity index (χ0) is 18.8. The minimum absolute atomic E-state index is 0.114. The van der Waals surface area contributed by atoms with E-state index < -0.39 is 0 Å². The maximum Gasteiger partial charge on any atom is 0.264 e. The Kier molecular flexibility index (Phi) is 5.61. The Hall–Kier alpha value is -1.70. The maximum atomic E-state index is 13.0. The van der Waals surface area contributed by atoms with Gasteiger partial charge in [0.2, 0.25) is 5.91 Å². The number of fused-ring (bicyclic) bond motifs is 1. The van der Waals surface area contributed by atoms with Gasteiger partial charge in [0, 0.05) is 37.6 Å². The minimum Gasteiger partial charge on any atom is -0.335 e. The van der Waals surface area contributed by atoms with Crippen molar-refractivity contribution in [3.63, 3.8) is 0 Å². The van der Waals surface area contributed by atoms with E-state index in [-0.39, 0.29) is 17.9 Å². The van der Waals surface area contributed by atoms with Crippen molar-refractivity contribution in [2.75, 3.05) is 39.3 Å². The second-order valence-corrected chi connectivity index (χ2v) is 9.05. The first-order valence-electron chi connectivity index (χ1n) is 9.58. The number of hydrogen-bond acceptors (Lipinski definition) is 5. The van der Waals surface area contributed by atoms with E-state index in [0.717, 1.165) is 37.4 Å². The first-order chi connectivity index (χ1) is 13.2. The normalized spacial score (nSPS) is 20.6. The molecule has 4 rings (SSSR count). The van der Waals surface area contributed by atoms with Gasteiger partial charge in [-0.3, -0.25) is 14.5 Å². The molecule has 0 aromatic carbocycles. The van der Waals surface area contributed by atoms with Crippen LogP contribution < -0.4 is 0 Å². The molecule has 2 amide bonds. The fourth-order valence-corrected chi connectivity index (χ4v) is 5.70. The number of thiophene rings is 2. The van der Waals surface area contributed by atoms with Crippen LogP contribution in [0.15, 0.2) is 29.0 Å². The Labute approximate surface area is 168 Å². The van der Waals surface area contributed by atoms with E-state index in [1.807, 2.05) is 33.7 Å². The standard InChI is InChI=1S/C20H25N3O2S2/c1-2-16-15-6-13-27-17(15)5-7-23(16)19(24)14-21-8-10-22(11-9-21)20(25)18-4-3-12-26-18/h3-4,6,12-13,16H,2,5,7-11,14H2,1H3. The zero-order valence-corrected chi connectivity index (χ0v) is 17.2. The molecule has 2 aromatic rings. The molecule has 2 aromatic heterocycles. The van der Waals surface area contributed by atoms with Crippen LogP contribution in [0, 0.1) is 0 Å². The molecular formula is C20H25N3O2S2. The van der Waals surface area contributed by atoms with Gasteiger partial charge in [-0.15, -0.1) is 22.7 Å². The summed E-state index contributed by atoms with van der Waals surface area (Å²) in [4.78, 5) is 33.8. The van der Waals surface area contributed by atoms with Gasteiger partial charge in [0.05, 0.1) is 17.5 Å². The van der Waals surface area contributed by atoms with Crippen LogP contribution in [0.3, 0.4) is 0 Å². The van der Waals surface area contributed by atoms with E-state index in [1.165, 1.54) is 21.8 Å². The van der Waals surface area contributed by atoms with Crippen LogP contribution in [0.2, 0.25) is 0 Å². The molecule has 0 N–H and O–H groups in total. The number of piperazine rings is 1. The third-order valence-electron chi connectivity index (χ3n) is 5.55. The van der Waals surface area contributed by atoms with E-state index >= 15 is 0 Å². The largest absolute Gasteiger partial charge is 0.335 e. The average Bonchev–Trinajstić information content (AvgIpc) is 3.38. The molecule has 0 bridgehead atoms. The van der Waals surface area contributed by atoms with Crippen LogP contribution in [0.4, 0.5) is 0 Å². The summed E-state index contributed by atoms with van der Waals surface area (Å²) in [7, 11) is 0. The maximum absolute atomic E-state index is 13.0. The fraction of sp³-hybridized carbons (Fsp3) is 0.500. The lowest BCUT2D eigenvalue weighted by atomic mass is 9.97. The quantitative estimate of drug-likeness (QED) is 0.788. The second kappa shape index (κ2) is 8.12. The van der Waals surface area contributed by atoms with Crippen molar-refractivity contribution in [2.45, 2.75) is 25.8 Å². The molecule has 1 saturated heterocycles. The highest BCUT2D eigenvalue weighted by atomic mass is 32.1. The molecule has 5 nitrogen and oxygen atoms in total. The van der Waals surface area contributed by atoms with Gasteiger partial charge in [0.25, 0.3) is 5.91 Å². The number of carbonyl (C=O) groups excluding carboxylic acids is 2. The van der Waals surface area contributed by atoms with Gasteiger partial charge in [-0.1, -0.05) is 13.0 Å². The topological polar surface area (TPSA) is 43.9 Å². The Bertz CT molecular complexity index is 794. The first kappa shape index (κ1) is 18.7. The molecule has 0 saturated carbocycles.